The predicted molar refractivity (Wildman–Crippen MR) is 133 cm³/mol. The summed E-state index contributed by atoms with van der Waals surface area (Å²) in [5.41, 5.74) is -0.174. The molecule has 1 N–H and O–H groups in total. The standard InChI is InChI=1S/C27H37FN4O4/c1-20(33)29-27(8-2-9-27)24(34)32-13-10-26(11-14-32)19-23(36-25(26)35)7-12-30-15-17-31(18-16-30)22-5-3-21(28)4-6-22/h3-6,23H,2,7-19H2,1H3,(H,29,33)/t23-/m0/s1. The van der Waals surface area contributed by atoms with E-state index in [4.69, 9.17) is 4.74 Å². The summed E-state index contributed by atoms with van der Waals surface area (Å²) in [7, 11) is 0. The maximum absolute atomic E-state index is 13.2. The van der Waals surface area contributed by atoms with E-state index in [-0.39, 0.29) is 29.7 Å². The van der Waals surface area contributed by atoms with Crippen LogP contribution in [0.3, 0.4) is 0 Å². The number of rotatable bonds is 6. The van der Waals surface area contributed by atoms with E-state index in [0.717, 1.165) is 57.7 Å². The van der Waals surface area contributed by atoms with Gasteiger partial charge in [-0.25, -0.2) is 4.39 Å². The first kappa shape index (κ1) is 25.0. The molecule has 4 fully saturated rings. The molecule has 1 saturated carbocycles. The van der Waals surface area contributed by atoms with E-state index in [1.54, 1.807) is 0 Å². The number of piperidine rings is 1. The normalized spacial score (nSPS) is 25.4. The Hall–Kier alpha value is -2.68. The Morgan fingerprint density at radius 1 is 1.03 bits per heavy atom. The summed E-state index contributed by atoms with van der Waals surface area (Å²) in [6, 6.07) is 6.65. The molecule has 4 aliphatic rings. The molecule has 1 atom stereocenters. The van der Waals surface area contributed by atoms with Gasteiger partial charge >= 0.3 is 5.97 Å². The molecule has 196 valence electrons. The van der Waals surface area contributed by atoms with Crippen molar-refractivity contribution in [1.82, 2.24) is 15.1 Å². The largest absolute Gasteiger partial charge is 0.462 e. The quantitative estimate of drug-likeness (QED) is 0.604. The highest BCUT2D eigenvalue weighted by atomic mass is 19.1. The monoisotopic (exact) mass is 500 g/mol. The molecule has 3 heterocycles. The minimum atomic E-state index is -0.740. The second-order valence-electron chi connectivity index (χ2n) is 11.0. The van der Waals surface area contributed by atoms with Crippen LogP contribution in [0.15, 0.2) is 24.3 Å². The maximum atomic E-state index is 13.2. The maximum Gasteiger partial charge on any atom is 0.312 e. The molecule has 3 saturated heterocycles. The van der Waals surface area contributed by atoms with Crippen molar-refractivity contribution >= 4 is 23.5 Å². The van der Waals surface area contributed by atoms with Gasteiger partial charge in [0.25, 0.3) is 0 Å². The molecule has 8 nitrogen and oxygen atoms in total. The lowest BCUT2D eigenvalue weighted by Gasteiger charge is -2.46. The number of nitrogens with one attached hydrogen (secondary N) is 1. The predicted octanol–water partition coefficient (Wildman–Crippen LogP) is 2.32. The number of nitrogens with zero attached hydrogens (tertiary/aromatic N) is 3. The zero-order chi connectivity index (χ0) is 25.3. The summed E-state index contributed by atoms with van der Waals surface area (Å²) in [6.07, 6.45) is 5.04. The van der Waals surface area contributed by atoms with Crippen LogP contribution in [-0.2, 0) is 19.1 Å². The average Bonchev–Trinajstić information content (AvgIpc) is 3.15. The molecule has 0 radical (unpaired) electrons. The lowest BCUT2D eigenvalue weighted by atomic mass is 9.73. The highest BCUT2D eigenvalue weighted by molar-refractivity contribution is 5.92. The summed E-state index contributed by atoms with van der Waals surface area (Å²) < 4.78 is 19.0. The molecule has 0 bridgehead atoms. The van der Waals surface area contributed by atoms with Crippen molar-refractivity contribution < 1.29 is 23.5 Å². The summed E-state index contributed by atoms with van der Waals surface area (Å²) in [5, 5.41) is 2.88. The third kappa shape index (κ3) is 4.94. The van der Waals surface area contributed by atoms with Gasteiger partial charge in [0.05, 0.1) is 5.41 Å². The first-order valence-corrected chi connectivity index (χ1v) is 13.3. The zero-order valence-corrected chi connectivity index (χ0v) is 21.1. The van der Waals surface area contributed by atoms with Crippen LogP contribution in [0.5, 0.6) is 0 Å². The Kier molecular flexibility index (Phi) is 6.94. The molecule has 3 aliphatic heterocycles. The number of piperazine rings is 1. The van der Waals surface area contributed by atoms with E-state index in [1.165, 1.54) is 19.1 Å². The van der Waals surface area contributed by atoms with Gasteiger partial charge in [-0.1, -0.05) is 0 Å². The van der Waals surface area contributed by atoms with Crippen LogP contribution in [0.1, 0.15) is 51.9 Å². The molecule has 9 heteroatoms. The lowest BCUT2D eigenvalue weighted by Crippen LogP contribution is -2.64. The molecule has 0 aromatic heterocycles. The van der Waals surface area contributed by atoms with Crippen LogP contribution in [0.2, 0.25) is 0 Å². The second-order valence-corrected chi connectivity index (χ2v) is 11.0. The fourth-order valence-electron chi connectivity index (χ4n) is 6.31. The molecular weight excluding hydrogens is 463 g/mol. The number of carbonyl (C=O) groups excluding carboxylic acids is 3. The van der Waals surface area contributed by atoms with Gasteiger partial charge in [-0.15, -0.1) is 0 Å². The van der Waals surface area contributed by atoms with Crippen molar-refractivity contribution in [2.24, 2.45) is 5.41 Å². The average molecular weight is 501 g/mol. The van der Waals surface area contributed by atoms with Gasteiger partial charge < -0.3 is 19.9 Å². The van der Waals surface area contributed by atoms with Crippen LogP contribution in [0, 0.1) is 11.2 Å². The third-order valence-corrected chi connectivity index (χ3v) is 8.70. The van der Waals surface area contributed by atoms with Gasteiger partial charge in [0.15, 0.2) is 0 Å². The zero-order valence-electron chi connectivity index (χ0n) is 21.1. The first-order valence-electron chi connectivity index (χ1n) is 13.3. The van der Waals surface area contributed by atoms with Gasteiger partial charge in [-0.05, 0) is 62.8 Å². The van der Waals surface area contributed by atoms with Gasteiger partial charge in [0, 0.05) is 64.8 Å². The number of halogens is 1. The van der Waals surface area contributed by atoms with Crippen molar-refractivity contribution in [2.45, 2.75) is 63.5 Å². The van der Waals surface area contributed by atoms with Crippen LogP contribution in [-0.4, -0.2) is 85.0 Å². The topological polar surface area (TPSA) is 82.2 Å². The minimum Gasteiger partial charge on any atom is -0.462 e. The van der Waals surface area contributed by atoms with E-state index in [9.17, 15) is 18.8 Å². The van der Waals surface area contributed by atoms with Crippen molar-refractivity contribution in [1.29, 1.82) is 0 Å². The van der Waals surface area contributed by atoms with Crippen LogP contribution < -0.4 is 10.2 Å². The van der Waals surface area contributed by atoms with Crippen LogP contribution in [0.25, 0.3) is 0 Å². The molecule has 1 spiro atoms. The van der Waals surface area contributed by atoms with Gasteiger partial charge in [0.2, 0.25) is 11.8 Å². The number of amides is 2. The SMILES string of the molecule is CC(=O)NC1(C(=O)N2CCC3(CC2)C[C@H](CCN2CCN(c4ccc(F)cc4)CC2)OC3=O)CCC1. The molecule has 1 aromatic rings. The molecule has 1 aliphatic carbocycles. The second kappa shape index (κ2) is 10.00. The summed E-state index contributed by atoms with van der Waals surface area (Å²) in [5.74, 6) is -0.496. The van der Waals surface area contributed by atoms with E-state index in [1.807, 2.05) is 17.0 Å². The molecule has 0 unspecified atom stereocenters. The van der Waals surface area contributed by atoms with Gasteiger partial charge in [-0.3, -0.25) is 19.3 Å². The number of cyclic esters (lactones) is 1. The van der Waals surface area contributed by atoms with E-state index in [0.29, 0.717) is 38.8 Å². The van der Waals surface area contributed by atoms with Crippen molar-refractivity contribution in [3.05, 3.63) is 30.1 Å². The van der Waals surface area contributed by atoms with Gasteiger partial charge in [-0.2, -0.15) is 0 Å². The van der Waals surface area contributed by atoms with E-state index < -0.39 is 11.0 Å². The Morgan fingerprint density at radius 2 is 1.69 bits per heavy atom. The fraction of sp³-hybridized carbons (Fsp3) is 0.667. The first-order chi connectivity index (χ1) is 17.3. The number of hydrogen-bond donors (Lipinski definition) is 1. The number of hydrogen-bond acceptors (Lipinski definition) is 6. The number of anilines is 1. The van der Waals surface area contributed by atoms with E-state index >= 15 is 0 Å². The molecule has 5 rings (SSSR count). The summed E-state index contributed by atoms with van der Waals surface area (Å²) >= 11 is 0. The lowest BCUT2D eigenvalue weighted by molar-refractivity contribution is -0.155. The van der Waals surface area contributed by atoms with Gasteiger partial charge in [0.1, 0.15) is 17.5 Å². The Morgan fingerprint density at radius 3 is 2.28 bits per heavy atom. The number of esters is 1. The minimum absolute atomic E-state index is 0.00138. The van der Waals surface area contributed by atoms with Crippen molar-refractivity contribution in [3.63, 3.8) is 0 Å². The molecule has 36 heavy (non-hydrogen) atoms. The number of likely N-dealkylation sites (tertiary alicyclic amines) is 1. The van der Waals surface area contributed by atoms with E-state index in [2.05, 4.69) is 15.1 Å². The highest BCUT2D eigenvalue weighted by Gasteiger charge is 2.53. The van der Waals surface area contributed by atoms with Crippen LogP contribution >= 0.6 is 0 Å². The molecular formula is C27H37FN4O4. The smallest absolute Gasteiger partial charge is 0.312 e. The molecule has 1 aromatic carbocycles. The number of benzene rings is 1. The Bertz CT molecular complexity index is 980. The summed E-state index contributed by atoms with van der Waals surface area (Å²) in [6.45, 7) is 7.05. The summed E-state index contributed by atoms with van der Waals surface area (Å²) in [4.78, 5) is 44.2. The number of carbonyl (C=O) groups is 3. The van der Waals surface area contributed by atoms with Crippen molar-refractivity contribution in [3.8, 4) is 0 Å². The van der Waals surface area contributed by atoms with Crippen LogP contribution in [0.4, 0.5) is 10.1 Å². The third-order valence-electron chi connectivity index (χ3n) is 8.70. The Labute approximate surface area is 212 Å². The fourth-order valence-corrected chi connectivity index (χ4v) is 6.31. The van der Waals surface area contributed by atoms with Crippen molar-refractivity contribution in [2.75, 3.05) is 50.7 Å². The highest BCUT2D eigenvalue weighted by Crippen LogP contribution is 2.45. The number of ether oxygens (including phenoxy) is 1. The molecule has 2 amide bonds. The Balaban J connectivity index is 1.07.